The predicted octanol–water partition coefficient (Wildman–Crippen LogP) is 2.04. The first-order valence-corrected chi connectivity index (χ1v) is 7.63. The number of carbonyl (C=O) groups excluding carboxylic acids is 1. The molecule has 1 saturated heterocycles. The Hall–Kier alpha value is -2.28. The van der Waals surface area contributed by atoms with Gasteiger partial charge in [0.05, 0.1) is 6.04 Å². The van der Waals surface area contributed by atoms with Crippen molar-refractivity contribution < 1.29 is 13.7 Å². The first-order valence-electron chi connectivity index (χ1n) is 7.63. The van der Waals surface area contributed by atoms with E-state index in [-0.39, 0.29) is 17.8 Å². The van der Waals surface area contributed by atoms with Crippen LogP contribution in [0.25, 0.3) is 0 Å². The maximum absolute atomic E-state index is 12.9. The first-order chi connectivity index (χ1) is 11.0. The molecule has 6 nitrogen and oxygen atoms in total. The highest BCUT2D eigenvalue weighted by Crippen LogP contribution is 2.20. The minimum absolute atomic E-state index is 0.0271. The smallest absolute Gasteiger partial charge is 0.253 e. The monoisotopic (exact) mass is 318 g/mol. The van der Waals surface area contributed by atoms with Gasteiger partial charge in [0.1, 0.15) is 5.82 Å². The number of nitrogens with zero attached hydrogens (tertiary/aromatic N) is 4. The Balaban J connectivity index is 1.59. The molecule has 1 aromatic heterocycles. The molecule has 2 aromatic rings. The third-order valence-electron chi connectivity index (χ3n) is 4.14. The minimum atomic E-state index is -0.338. The van der Waals surface area contributed by atoms with Gasteiger partial charge in [0.15, 0.2) is 5.82 Å². The molecule has 2 heterocycles. The van der Waals surface area contributed by atoms with Crippen molar-refractivity contribution in [2.24, 2.45) is 0 Å². The Morgan fingerprint density at radius 3 is 2.43 bits per heavy atom. The molecule has 7 heteroatoms. The van der Waals surface area contributed by atoms with Crippen LogP contribution in [0.15, 0.2) is 28.8 Å². The van der Waals surface area contributed by atoms with Crippen LogP contribution < -0.4 is 0 Å². The highest BCUT2D eigenvalue weighted by atomic mass is 19.1. The number of piperazine rings is 1. The molecule has 0 saturated carbocycles. The van der Waals surface area contributed by atoms with Gasteiger partial charge in [-0.05, 0) is 38.1 Å². The van der Waals surface area contributed by atoms with E-state index < -0.39 is 0 Å². The van der Waals surface area contributed by atoms with Gasteiger partial charge in [-0.1, -0.05) is 5.16 Å². The van der Waals surface area contributed by atoms with Crippen LogP contribution in [-0.4, -0.2) is 52.0 Å². The molecule has 23 heavy (non-hydrogen) atoms. The third kappa shape index (κ3) is 3.39. The number of hydrogen-bond donors (Lipinski definition) is 0. The zero-order valence-electron chi connectivity index (χ0n) is 13.2. The molecule has 3 rings (SSSR count). The van der Waals surface area contributed by atoms with Gasteiger partial charge in [-0.3, -0.25) is 9.69 Å². The van der Waals surface area contributed by atoms with Crippen molar-refractivity contribution in [1.29, 1.82) is 0 Å². The Bertz CT molecular complexity index is 678. The molecule has 0 bridgehead atoms. The second kappa shape index (κ2) is 6.45. The van der Waals surface area contributed by atoms with E-state index in [9.17, 15) is 9.18 Å². The number of hydrogen-bond acceptors (Lipinski definition) is 5. The summed E-state index contributed by atoms with van der Waals surface area (Å²) in [6.07, 6.45) is 0. The number of amides is 1. The molecule has 0 N–H and O–H groups in total. The topological polar surface area (TPSA) is 62.5 Å². The number of aryl methyl sites for hydroxylation is 1. The van der Waals surface area contributed by atoms with Crippen molar-refractivity contribution >= 4 is 5.91 Å². The SMILES string of the molecule is Cc1noc(C(C)N2CCN(C(=O)c3ccc(F)cc3)CC2)n1. The summed E-state index contributed by atoms with van der Waals surface area (Å²) in [5, 5.41) is 3.81. The lowest BCUT2D eigenvalue weighted by Gasteiger charge is -2.36. The molecule has 1 fully saturated rings. The summed E-state index contributed by atoms with van der Waals surface area (Å²) in [6.45, 7) is 6.51. The Morgan fingerprint density at radius 2 is 1.87 bits per heavy atom. The largest absolute Gasteiger partial charge is 0.338 e. The first kappa shape index (κ1) is 15.6. The average Bonchev–Trinajstić information content (AvgIpc) is 3.01. The lowest BCUT2D eigenvalue weighted by Crippen LogP contribution is -2.49. The van der Waals surface area contributed by atoms with Crippen LogP contribution in [0.4, 0.5) is 4.39 Å². The molecule has 1 aliphatic heterocycles. The van der Waals surface area contributed by atoms with Gasteiger partial charge in [-0.25, -0.2) is 4.39 Å². The summed E-state index contributed by atoms with van der Waals surface area (Å²) in [5.74, 6) is 0.818. The van der Waals surface area contributed by atoms with Crippen molar-refractivity contribution in [3.05, 3.63) is 47.4 Å². The summed E-state index contributed by atoms with van der Waals surface area (Å²) in [6, 6.07) is 5.69. The fourth-order valence-electron chi connectivity index (χ4n) is 2.73. The van der Waals surface area contributed by atoms with E-state index in [1.54, 1.807) is 11.8 Å². The van der Waals surface area contributed by atoms with Crippen LogP contribution in [0.5, 0.6) is 0 Å². The molecular formula is C16H19FN4O2. The van der Waals surface area contributed by atoms with Crippen molar-refractivity contribution in [2.75, 3.05) is 26.2 Å². The van der Waals surface area contributed by atoms with Crippen LogP contribution in [0.3, 0.4) is 0 Å². The summed E-state index contributed by atoms with van der Waals surface area (Å²) >= 11 is 0. The second-order valence-corrected chi connectivity index (χ2v) is 5.69. The fraction of sp³-hybridized carbons (Fsp3) is 0.438. The van der Waals surface area contributed by atoms with Gasteiger partial charge in [-0.2, -0.15) is 4.98 Å². The summed E-state index contributed by atoms with van der Waals surface area (Å²) in [4.78, 5) is 20.7. The zero-order valence-corrected chi connectivity index (χ0v) is 13.2. The Kier molecular flexibility index (Phi) is 4.38. The Morgan fingerprint density at radius 1 is 1.22 bits per heavy atom. The van der Waals surface area contributed by atoms with Crippen LogP contribution in [0.2, 0.25) is 0 Å². The fourth-order valence-corrected chi connectivity index (χ4v) is 2.73. The maximum Gasteiger partial charge on any atom is 0.253 e. The number of carbonyl (C=O) groups is 1. The number of benzene rings is 1. The quantitative estimate of drug-likeness (QED) is 0.866. The normalized spacial score (nSPS) is 17.3. The molecule has 1 aliphatic rings. The summed E-state index contributed by atoms with van der Waals surface area (Å²) < 4.78 is 18.2. The van der Waals surface area contributed by atoms with E-state index in [4.69, 9.17) is 4.52 Å². The maximum atomic E-state index is 12.9. The van der Waals surface area contributed by atoms with E-state index in [1.165, 1.54) is 24.3 Å². The van der Waals surface area contributed by atoms with E-state index in [0.29, 0.717) is 30.4 Å². The molecule has 1 atom stereocenters. The number of aromatic nitrogens is 2. The third-order valence-corrected chi connectivity index (χ3v) is 4.14. The van der Waals surface area contributed by atoms with Crippen molar-refractivity contribution in [2.45, 2.75) is 19.9 Å². The van der Waals surface area contributed by atoms with Gasteiger partial charge in [-0.15, -0.1) is 0 Å². The molecule has 1 aromatic carbocycles. The Labute approximate surface area is 133 Å². The molecule has 0 radical (unpaired) electrons. The van der Waals surface area contributed by atoms with E-state index in [1.807, 2.05) is 6.92 Å². The second-order valence-electron chi connectivity index (χ2n) is 5.69. The molecule has 122 valence electrons. The standard InChI is InChI=1S/C16H19FN4O2/c1-11(15-18-12(2)19-23-15)20-7-9-21(10-8-20)16(22)13-3-5-14(17)6-4-13/h3-6,11H,7-10H2,1-2H3. The molecule has 0 spiro atoms. The van der Waals surface area contributed by atoms with Crippen molar-refractivity contribution in [3.8, 4) is 0 Å². The minimum Gasteiger partial charge on any atom is -0.338 e. The van der Waals surface area contributed by atoms with Crippen LogP contribution in [-0.2, 0) is 0 Å². The van der Waals surface area contributed by atoms with Crippen LogP contribution in [0, 0.1) is 12.7 Å². The molecule has 1 amide bonds. The van der Waals surface area contributed by atoms with Crippen LogP contribution >= 0.6 is 0 Å². The molecule has 0 aliphatic carbocycles. The van der Waals surface area contributed by atoms with E-state index >= 15 is 0 Å². The van der Waals surface area contributed by atoms with E-state index in [0.717, 1.165) is 13.1 Å². The van der Waals surface area contributed by atoms with Gasteiger partial charge >= 0.3 is 0 Å². The predicted molar refractivity (Wildman–Crippen MR) is 81.3 cm³/mol. The zero-order chi connectivity index (χ0) is 16.4. The average molecular weight is 318 g/mol. The van der Waals surface area contributed by atoms with Crippen molar-refractivity contribution in [1.82, 2.24) is 19.9 Å². The lowest BCUT2D eigenvalue weighted by molar-refractivity contribution is 0.0551. The van der Waals surface area contributed by atoms with Gasteiger partial charge < -0.3 is 9.42 Å². The van der Waals surface area contributed by atoms with Gasteiger partial charge in [0, 0.05) is 31.7 Å². The highest BCUT2D eigenvalue weighted by molar-refractivity contribution is 5.94. The number of halogens is 1. The van der Waals surface area contributed by atoms with Gasteiger partial charge in [0.25, 0.3) is 5.91 Å². The molecule has 1 unspecified atom stereocenters. The van der Waals surface area contributed by atoms with Gasteiger partial charge in [0.2, 0.25) is 5.89 Å². The van der Waals surface area contributed by atoms with Crippen LogP contribution in [0.1, 0.15) is 35.0 Å². The highest BCUT2D eigenvalue weighted by Gasteiger charge is 2.27. The lowest BCUT2D eigenvalue weighted by atomic mass is 10.1. The van der Waals surface area contributed by atoms with Crippen molar-refractivity contribution in [3.63, 3.8) is 0 Å². The summed E-state index contributed by atoms with van der Waals surface area (Å²) in [7, 11) is 0. The van der Waals surface area contributed by atoms with E-state index in [2.05, 4.69) is 15.0 Å². The number of rotatable bonds is 3. The summed E-state index contributed by atoms with van der Waals surface area (Å²) in [5.41, 5.74) is 0.514. The molecular weight excluding hydrogens is 299 g/mol.